The Kier molecular flexibility index (Phi) is 3.78. The number of carboxylic acid groups (broad SMARTS) is 1. The standard InChI is InChI=1S/C13H15F3N2O2/c14-13(15,16)9-3-5-18(6-4-9)11-2-1-8(12(19)20)7-10(11)17/h1-2,7,9H,3-6,17H2,(H,19,20). The zero-order valence-electron chi connectivity index (χ0n) is 10.7. The highest BCUT2D eigenvalue weighted by molar-refractivity contribution is 5.90. The number of carboxylic acids is 1. The molecule has 0 aliphatic carbocycles. The predicted octanol–water partition coefficient (Wildman–Crippen LogP) is 2.75. The Labute approximate surface area is 114 Å². The number of nitrogen functional groups attached to an aromatic ring is 1. The molecule has 1 aliphatic rings. The first-order valence-electron chi connectivity index (χ1n) is 6.23. The number of hydrogen-bond acceptors (Lipinski definition) is 3. The molecule has 4 nitrogen and oxygen atoms in total. The van der Waals surface area contributed by atoms with Crippen molar-refractivity contribution in [3.05, 3.63) is 23.8 Å². The Balaban J connectivity index is 2.09. The van der Waals surface area contributed by atoms with Crippen LogP contribution in [-0.2, 0) is 0 Å². The summed E-state index contributed by atoms with van der Waals surface area (Å²) in [6.45, 7) is 0.529. The highest BCUT2D eigenvalue weighted by Crippen LogP contribution is 2.36. The molecule has 1 saturated heterocycles. The zero-order chi connectivity index (χ0) is 14.9. The van der Waals surface area contributed by atoms with Gasteiger partial charge in [-0.3, -0.25) is 0 Å². The molecule has 3 N–H and O–H groups in total. The molecule has 110 valence electrons. The summed E-state index contributed by atoms with van der Waals surface area (Å²) in [6, 6.07) is 4.28. The van der Waals surface area contributed by atoms with Gasteiger partial charge in [0.1, 0.15) is 0 Å². The largest absolute Gasteiger partial charge is 0.478 e. The first kappa shape index (κ1) is 14.5. The van der Waals surface area contributed by atoms with E-state index >= 15 is 0 Å². The van der Waals surface area contributed by atoms with Crippen molar-refractivity contribution in [2.24, 2.45) is 5.92 Å². The number of alkyl halides is 3. The highest BCUT2D eigenvalue weighted by Gasteiger charge is 2.41. The lowest BCUT2D eigenvalue weighted by molar-refractivity contribution is -0.179. The van der Waals surface area contributed by atoms with Gasteiger partial charge in [-0.15, -0.1) is 0 Å². The molecular formula is C13H15F3N2O2. The molecule has 0 spiro atoms. The summed E-state index contributed by atoms with van der Waals surface area (Å²) >= 11 is 0. The molecule has 0 amide bonds. The van der Waals surface area contributed by atoms with Gasteiger partial charge in [0.15, 0.2) is 0 Å². The van der Waals surface area contributed by atoms with Crippen molar-refractivity contribution in [1.82, 2.24) is 0 Å². The topological polar surface area (TPSA) is 66.6 Å². The number of nitrogens with zero attached hydrogens (tertiary/aromatic N) is 1. The van der Waals surface area contributed by atoms with Crippen LogP contribution in [0.15, 0.2) is 18.2 Å². The van der Waals surface area contributed by atoms with E-state index in [1.807, 2.05) is 0 Å². The molecule has 0 aromatic heterocycles. The lowest BCUT2D eigenvalue weighted by Gasteiger charge is -2.35. The van der Waals surface area contributed by atoms with Gasteiger partial charge in [-0.1, -0.05) is 0 Å². The molecule has 2 rings (SSSR count). The van der Waals surface area contributed by atoms with Crippen LogP contribution in [0.25, 0.3) is 0 Å². The predicted molar refractivity (Wildman–Crippen MR) is 68.8 cm³/mol. The van der Waals surface area contributed by atoms with E-state index in [4.69, 9.17) is 10.8 Å². The summed E-state index contributed by atoms with van der Waals surface area (Å²) in [6.07, 6.45) is -4.09. The zero-order valence-corrected chi connectivity index (χ0v) is 10.7. The van der Waals surface area contributed by atoms with E-state index in [0.29, 0.717) is 5.69 Å². The fraction of sp³-hybridized carbons (Fsp3) is 0.462. The maximum Gasteiger partial charge on any atom is 0.391 e. The van der Waals surface area contributed by atoms with Crippen LogP contribution in [-0.4, -0.2) is 30.3 Å². The van der Waals surface area contributed by atoms with Gasteiger partial charge in [-0.25, -0.2) is 4.79 Å². The van der Waals surface area contributed by atoms with Gasteiger partial charge in [0.2, 0.25) is 0 Å². The molecule has 20 heavy (non-hydrogen) atoms. The monoisotopic (exact) mass is 288 g/mol. The lowest BCUT2D eigenvalue weighted by Crippen LogP contribution is -2.39. The minimum absolute atomic E-state index is 0.0314. The molecule has 0 bridgehead atoms. The molecule has 1 fully saturated rings. The SMILES string of the molecule is Nc1cc(C(=O)O)ccc1N1CCC(C(F)(F)F)CC1. The van der Waals surface area contributed by atoms with Crippen molar-refractivity contribution in [2.45, 2.75) is 19.0 Å². The molecule has 1 aliphatic heterocycles. The maximum atomic E-state index is 12.6. The third-order valence-electron chi connectivity index (χ3n) is 3.57. The second-order valence-corrected chi connectivity index (χ2v) is 4.88. The quantitative estimate of drug-likeness (QED) is 0.821. The van der Waals surface area contributed by atoms with Gasteiger partial charge in [-0.05, 0) is 31.0 Å². The van der Waals surface area contributed by atoms with E-state index in [2.05, 4.69) is 0 Å². The molecule has 0 unspecified atom stereocenters. The third-order valence-corrected chi connectivity index (χ3v) is 3.57. The number of anilines is 2. The summed E-state index contributed by atoms with van der Waals surface area (Å²) in [5.74, 6) is -2.35. The fourth-order valence-electron chi connectivity index (χ4n) is 2.42. The summed E-state index contributed by atoms with van der Waals surface area (Å²) < 4.78 is 37.8. The normalized spacial score (nSPS) is 17.2. The van der Waals surface area contributed by atoms with Crippen molar-refractivity contribution in [2.75, 3.05) is 23.7 Å². The average Bonchev–Trinajstić information content (AvgIpc) is 2.37. The number of aromatic carboxylic acids is 1. The van der Waals surface area contributed by atoms with Crippen molar-refractivity contribution >= 4 is 17.3 Å². The minimum atomic E-state index is -4.15. The molecule has 7 heteroatoms. The molecular weight excluding hydrogens is 273 g/mol. The minimum Gasteiger partial charge on any atom is -0.478 e. The number of rotatable bonds is 2. The second kappa shape index (κ2) is 5.22. The van der Waals surface area contributed by atoms with Gasteiger partial charge >= 0.3 is 12.1 Å². The number of benzene rings is 1. The smallest absolute Gasteiger partial charge is 0.391 e. The average molecular weight is 288 g/mol. The number of hydrogen-bond donors (Lipinski definition) is 2. The molecule has 0 saturated carbocycles. The van der Waals surface area contributed by atoms with Crippen molar-refractivity contribution in [1.29, 1.82) is 0 Å². The number of nitrogens with two attached hydrogens (primary N) is 1. The summed E-state index contributed by atoms with van der Waals surface area (Å²) in [5, 5.41) is 8.84. The Hall–Kier alpha value is -1.92. The van der Waals surface area contributed by atoms with Crippen molar-refractivity contribution in [3.63, 3.8) is 0 Å². The van der Waals surface area contributed by atoms with Crippen LogP contribution < -0.4 is 10.6 Å². The van der Waals surface area contributed by atoms with Gasteiger partial charge in [-0.2, -0.15) is 13.2 Å². The highest BCUT2D eigenvalue weighted by atomic mass is 19.4. The third kappa shape index (κ3) is 2.97. The van der Waals surface area contributed by atoms with Crippen molar-refractivity contribution < 1.29 is 23.1 Å². The number of carbonyl (C=O) groups is 1. The Morgan fingerprint density at radius 1 is 1.30 bits per heavy atom. The van der Waals surface area contributed by atoms with Gasteiger partial charge < -0.3 is 15.7 Å². The van der Waals surface area contributed by atoms with Crippen molar-refractivity contribution in [3.8, 4) is 0 Å². The van der Waals surface area contributed by atoms with Crippen LogP contribution in [0.1, 0.15) is 23.2 Å². The van der Waals surface area contributed by atoms with E-state index in [-0.39, 0.29) is 37.2 Å². The Morgan fingerprint density at radius 3 is 2.35 bits per heavy atom. The summed E-state index contributed by atoms with van der Waals surface area (Å²) in [4.78, 5) is 12.6. The van der Waals surface area contributed by atoms with E-state index in [1.165, 1.54) is 12.1 Å². The molecule has 0 radical (unpaired) electrons. The molecule has 1 aromatic carbocycles. The van der Waals surface area contributed by atoms with Crippen LogP contribution in [0.3, 0.4) is 0 Å². The van der Waals surface area contributed by atoms with E-state index in [0.717, 1.165) is 0 Å². The van der Waals surface area contributed by atoms with E-state index in [1.54, 1.807) is 11.0 Å². The molecule has 0 atom stereocenters. The van der Waals surface area contributed by atoms with Gasteiger partial charge in [0.25, 0.3) is 0 Å². The number of piperidine rings is 1. The summed E-state index contributed by atoms with van der Waals surface area (Å²) in [5.41, 5.74) is 6.72. The maximum absolute atomic E-state index is 12.6. The Morgan fingerprint density at radius 2 is 1.90 bits per heavy atom. The van der Waals surface area contributed by atoms with Crippen LogP contribution in [0.5, 0.6) is 0 Å². The first-order chi connectivity index (χ1) is 9.29. The Bertz CT molecular complexity index is 509. The lowest BCUT2D eigenvalue weighted by atomic mass is 9.95. The van der Waals surface area contributed by atoms with Gasteiger partial charge in [0.05, 0.1) is 22.9 Å². The van der Waals surface area contributed by atoms with Gasteiger partial charge in [0, 0.05) is 13.1 Å². The van der Waals surface area contributed by atoms with Crippen LogP contribution in [0, 0.1) is 5.92 Å². The van der Waals surface area contributed by atoms with Crippen LogP contribution >= 0.6 is 0 Å². The first-order valence-corrected chi connectivity index (χ1v) is 6.23. The molecule has 1 heterocycles. The van der Waals surface area contributed by atoms with E-state index < -0.39 is 18.1 Å². The fourth-order valence-corrected chi connectivity index (χ4v) is 2.42. The van der Waals surface area contributed by atoms with E-state index in [9.17, 15) is 18.0 Å². The number of halogens is 3. The van der Waals surface area contributed by atoms with Crippen LogP contribution in [0.2, 0.25) is 0 Å². The molecule has 1 aromatic rings. The summed E-state index contributed by atoms with van der Waals surface area (Å²) in [7, 11) is 0. The van der Waals surface area contributed by atoms with Crippen LogP contribution in [0.4, 0.5) is 24.5 Å². The second-order valence-electron chi connectivity index (χ2n) is 4.88.